The van der Waals surface area contributed by atoms with Crippen molar-refractivity contribution in [1.82, 2.24) is 32.0 Å². The van der Waals surface area contributed by atoms with Gasteiger partial charge in [-0.05, 0) is 174 Å². The zero-order chi connectivity index (χ0) is 91.8. The lowest BCUT2D eigenvalue weighted by molar-refractivity contribution is 0.936. The van der Waals surface area contributed by atoms with Gasteiger partial charge in [-0.15, -0.1) is 0 Å². The van der Waals surface area contributed by atoms with Gasteiger partial charge in [-0.3, -0.25) is 0 Å². The maximum atomic E-state index is 2.41. The molecule has 0 amide bonds. The maximum Gasteiger partial charge on any atom is 0.0533 e. The monoisotopic (exact) mass is 1720 g/mol. The fourth-order valence-electron chi connectivity index (χ4n) is 22.7. The highest BCUT2D eigenvalue weighted by molar-refractivity contribution is 6.21. The van der Waals surface area contributed by atoms with Crippen molar-refractivity contribution in [3.63, 3.8) is 0 Å². The number of fused-ring (bicyclic) bond motifs is 36. The van der Waals surface area contributed by atoms with Crippen molar-refractivity contribution in [1.29, 1.82) is 0 Å². The summed E-state index contributed by atoms with van der Waals surface area (Å²) < 4.78 is 16.1. The maximum absolute atomic E-state index is 2.41. The third kappa shape index (κ3) is 13.7. The van der Waals surface area contributed by atoms with E-state index >= 15 is 0 Å². The number of aromatic nitrogens is 7. The van der Waals surface area contributed by atoms with Crippen molar-refractivity contribution >= 4 is 153 Å². The molecule has 0 radical (unpaired) electrons. The Hall–Kier alpha value is -14.7. The van der Waals surface area contributed by atoms with Crippen LogP contribution in [0.1, 0.15) is 151 Å². The van der Waals surface area contributed by atoms with Gasteiger partial charge in [-0.25, -0.2) is 0 Å². The molecule has 17 aromatic carbocycles. The molecule has 0 N–H and O–H groups in total. The minimum Gasteiger partial charge on any atom is -0.344 e. The van der Waals surface area contributed by atoms with Crippen LogP contribution >= 0.6 is 0 Å². The number of rotatable bonds is 0. The predicted molar refractivity (Wildman–Crippen MR) is 574 cm³/mol. The summed E-state index contributed by atoms with van der Waals surface area (Å²) in [6.07, 6.45) is 0. The zero-order valence-electron chi connectivity index (χ0n) is 79.9. The van der Waals surface area contributed by atoms with Crippen LogP contribution in [0.5, 0.6) is 0 Å². The van der Waals surface area contributed by atoms with Gasteiger partial charge in [0, 0.05) is 209 Å². The fourth-order valence-corrected chi connectivity index (χ4v) is 22.7. The van der Waals surface area contributed by atoms with Gasteiger partial charge in [0.25, 0.3) is 0 Å². The molecule has 4 unspecified atom stereocenters. The van der Waals surface area contributed by atoms with E-state index in [9.17, 15) is 0 Å². The molecule has 7 aromatic heterocycles. The van der Waals surface area contributed by atoms with Gasteiger partial charge < -0.3 is 32.0 Å². The van der Waals surface area contributed by atoms with Crippen LogP contribution in [0.15, 0.2) is 352 Å². The number of para-hydroxylation sites is 8. The Balaban J connectivity index is 0.000000101. The molecule has 7 heterocycles. The fraction of sp³-hybridized carbons (Fsp3) is 0.184. The molecule has 4 aliphatic rings. The topological polar surface area (TPSA) is 34.5 Å². The van der Waals surface area contributed by atoms with Crippen LogP contribution in [-0.4, -0.2) is 32.0 Å². The lowest BCUT2D eigenvalue weighted by Crippen LogP contribution is -1.95. The van der Waals surface area contributed by atoms with E-state index < -0.39 is 0 Å². The summed E-state index contributed by atoms with van der Waals surface area (Å²) in [7, 11) is 15.1. The molecule has 24 aromatic rings. The van der Waals surface area contributed by atoms with E-state index in [4.69, 9.17) is 0 Å². The number of benzene rings is 17. The van der Waals surface area contributed by atoms with E-state index in [0.717, 1.165) is 0 Å². The van der Waals surface area contributed by atoms with E-state index in [1.54, 1.807) is 0 Å². The van der Waals surface area contributed by atoms with Gasteiger partial charge >= 0.3 is 0 Å². The molecular formula is C125H119N7. The molecule has 28 rings (SSSR count). The van der Waals surface area contributed by atoms with E-state index in [2.05, 4.69) is 461 Å². The smallest absolute Gasteiger partial charge is 0.0533 e. The highest BCUT2D eigenvalue weighted by atomic mass is 15.0. The highest BCUT2D eigenvalue weighted by Gasteiger charge is 2.33. The first-order valence-corrected chi connectivity index (χ1v) is 47.8. The SMILES string of the molecule is CC.CC.CC.CC.CC1c2ccccc2-c2c1ccc1c2c2ccccc2n1C.CC1c2ccccc2-c2cc3c(cc21)c1ccccc1n3C.CC1c2ccccc2-c2ccc3c(c21)c1ccccc1n3C.CC1c2ccccc2-c2ccc3c4ccccc4n(C)c3c21.Cn1c2ccccc2c2cc3c4ccccc4n(C)c3cc21.Cn1c2ccccc2c2ccccc21. The van der Waals surface area contributed by atoms with Gasteiger partial charge in [-0.2, -0.15) is 0 Å². The van der Waals surface area contributed by atoms with Gasteiger partial charge in [-0.1, -0.05) is 350 Å². The molecule has 654 valence electrons. The Morgan fingerprint density at radius 2 is 0.439 bits per heavy atom. The molecule has 0 spiro atoms. The lowest BCUT2D eigenvalue weighted by atomic mass is 9.95. The number of nitrogens with zero attached hydrogens (tertiary/aromatic N) is 7. The minimum atomic E-state index is 0.456. The summed E-state index contributed by atoms with van der Waals surface area (Å²) in [6, 6.07) is 128. The average molecular weight is 1720 g/mol. The molecule has 4 atom stereocenters. The van der Waals surface area contributed by atoms with Crippen molar-refractivity contribution in [2.45, 2.75) is 107 Å². The number of hydrogen-bond acceptors (Lipinski definition) is 0. The molecule has 4 aliphatic carbocycles. The summed E-state index contributed by atoms with van der Waals surface area (Å²) in [6.45, 7) is 25.3. The second-order valence-electron chi connectivity index (χ2n) is 34.9. The quantitative estimate of drug-likeness (QED) is 0.145. The van der Waals surface area contributed by atoms with E-state index in [1.807, 2.05) is 55.4 Å². The van der Waals surface area contributed by atoms with Crippen molar-refractivity contribution in [3.8, 4) is 44.5 Å². The molecule has 7 heteroatoms. The predicted octanol–water partition coefficient (Wildman–Crippen LogP) is 34.3. The standard InChI is InChI=1S/4C21H17N.C20H16N2.C13H11N.4C2H6/c1-13-14-7-3-4-8-15(14)18-12-21-19(11-17(13)18)16-9-5-6-10-20(16)22(21)2;1-13-14-7-3-4-8-16(14)20-15(13)11-12-19-21(20)17-9-5-6-10-18(17)22(19)2;1-13-14-7-3-4-8-15(14)16-11-12-19-21(20(13)16)17-9-5-6-10-18(17)22(19)2;1-13-14-7-3-4-8-15(14)17-11-12-18-16-9-5-6-10-19(16)22(2)21(18)20(13)17;1-21-17-9-5-3-7-13(17)15-11-16-14-8-4-6-10-18(14)22(2)20(16)12-19(15)21;1-14-12-8-4-2-6-10(12)11-7-3-5-9-13(11)14;4*1-2/h4*3-13H,1-2H3;3-12H,1-2H3;2-9H,1H3;4*1-2H3. The van der Waals surface area contributed by atoms with Crippen LogP contribution in [0.4, 0.5) is 0 Å². The van der Waals surface area contributed by atoms with Crippen LogP contribution in [0, 0.1) is 0 Å². The van der Waals surface area contributed by atoms with Crippen LogP contribution in [0.2, 0.25) is 0 Å². The van der Waals surface area contributed by atoms with Gasteiger partial charge in [0.15, 0.2) is 0 Å². The van der Waals surface area contributed by atoms with Crippen LogP contribution in [0.25, 0.3) is 197 Å². The highest BCUT2D eigenvalue weighted by Crippen LogP contribution is 2.54. The Morgan fingerprint density at radius 1 is 0.159 bits per heavy atom. The Morgan fingerprint density at radius 3 is 0.894 bits per heavy atom. The third-order valence-electron chi connectivity index (χ3n) is 28.8. The summed E-state index contributed by atoms with van der Waals surface area (Å²) in [5, 5.41) is 19.0. The second-order valence-corrected chi connectivity index (χ2v) is 34.9. The Kier molecular flexibility index (Phi) is 23.4. The van der Waals surface area contributed by atoms with E-state index in [1.165, 1.54) is 242 Å². The van der Waals surface area contributed by atoms with Gasteiger partial charge in [0.1, 0.15) is 0 Å². The molecule has 0 saturated heterocycles. The number of hydrogen-bond donors (Lipinski definition) is 0. The van der Waals surface area contributed by atoms with Crippen molar-refractivity contribution < 1.29 is 0 Å². The summed E-state index contributed by atoms with van der Waals surface area (Å²) >= 11 is 0. The first kappa shape index (κ1) is 86.7. The average Bonchev–Trinajstić information content (AvgIpc) is 1.57. The molecule has 0 bridgehead atoms. The first-order chi connectivity index (χ1) is 64.7. The normalized spacial score (nSPS) is 14.2. The summed E-state index contributed by atoms with van der Waals surface area (Å²) in [5.41, 5.74) is 41.4. The molecule has 0 saturated carbocycles. The molecule has 0 fully saturated rings. The van der Waals surface area contributed by atoms with Gasteiger partial charge in [0.05, 0.1) is 16.6 Å². The molecule has 132 heavy (non-hydrogen) atoms. The first-order valence-electron chi connectivity index (χ1n) is 47.8. The van der Waals surface area contributed by atoms with Crippen molar-refractivity contribution in [2.24, 2.45) is 49.3 Å². The summed E-state index contributed by atoms with van der Waals surface area (Å²) in [4.78, 5) is 0. The van der Waals surface area contributed by atoms with Gasteiger partial charge in [0.2, 0.25) is 0 Å². The molecule has 0 aliphatic heterocycles. The molecular weight excluding hydrogens is 1600 g/mol. The largest absolute Gasteiger partial charge is 0.344 e. The minimum absolute atomic E-state index is 0.456. The van der Waals surface area contributed by atoms with Crippen molar-refractivity contribution in [2.75, 3.05) is 0 Å². The van der Waals surface area contributed by atoms with Crippen molar-refractivity contribution in [3.05, 3.63) is 396 Å². The Labute approximate surface area is 776 Å². The lowest BCUT2D eigenvalue weighted by Gasteiger charge is -2.10. The third-order valence-corrected chi connectivity index (χ3v) is 28.8. The number of aryl methyl sites for hydroxylation is 7. The zero-order valence-corrected chi connectivity index (χ0v) is 79.9. The van der Waals surface area contributed by atoms with Crippen LogP contribution in [0.3, 0.4) is 0 Å². The van der Waals surface area contributed by atoms with Crippen LogP contribution in [-0.2, 0) is 49.3 Å². The van der Waals surface area contributed by atoms with Crippen LogP contribution < -0.4 is 0 Å². The summed E-state index contributed by atoms with van der Waals surface area (Å²) in [5.74, 6) is 1.88. The molecule has 7 nitrogen and oxygen atoms in total. The Bertz CT molecular complexity index is 8390. The van der Waals surface area contributed by atoms with E-state index in [0.29, 0.717) is 23.7 Å². The van der Waals surface area contributed by atoms with E-state index in [-0.39, 0.29) is 0 Å². The second kappa shape index (κ2) is 35.7.